The number of piperazine rings is 1. The topological polar surface area (TPSA) is 82.9 Å². The van der Waals surface area contributed by atoms with E-state index in [0.717, 1.165) is 78.3 Å². The fraction of sp³-hybridized carbons (Fsp3) is 0.559. The van der Waals surface area contributed by atoms with Crippen LogP contribution in [0.1, 0.15) is 40.2 Å². The minimum absolute atomic E-state index is 0.000492. The molecule has 8 nitrogen and oxygen atoms in total. The summed E-state index contributed by atoms with van der Waals surface area (Å²) in [6.45, 7) is 15.8. The molecule has 4 atom stereocenters. The second kappa shape index (κ2) is 12.5. The average Bonchev–Trinajstić information content (AvgIpc) is 3.26. The summed E-state index contributed by atoms with van der Waals surface area (Å²) >= 11 is 0. The van der Waals surface area contributed by atoms with Gasteiger partial charge in [0, 0.05) is 16.9 Å². The van der Waals surface area contributed by atoms with Crippen LogP contribution < -0.4 is 4.74 Å². The van der Waals surface area contributed by atoms with Crippen LogP contribution in [-0.4, -0.2) is 93.1 Å². The van der Waals surface area contributed by atoms with E-state index in [2.05, 4.69) is 70.8 Å². The van der Waals surface area contributed by atoms with Crippen molar-refractivity contribution in [1.82, 2.24) is 9.80 Å². The Morgan fingerprint density at radius 1 is 1.07 bits per heavy atom. The number of allylic oxidation sites excluding steroid dienone is 1. The number of amides is 1. The lowest BCUT2D eigenvalue weighted by Crippen LogP contribution is -2.64. The number of hydrogen-bond acceptors (Lipinski definition) is 5. The Morgan fingerprint density at radius 2 is 1.72 bits per heavy atom. The van der Waals surface area contributed by atoms with Gasteiger partial charge in [0.1, 0.15) is 18.9 Å². The van der Waals surface area contributed by atoms with E-state index in [1.165, 1.54) is 17.3 Å². The van der Waals surface area contributed by atoms with Crippen molar-refractivity contribution >= 4 is 37.6 Å². The molecule has 1 N–H and O–H groups in total. The summed E-state index contributed by atoms with van der Waals surface area (Å²) in [5.74, 6) is 0.577. The van der Waals surface area contributed by atoms with Crippen molar-refractivity contribution in [1.29, 1.82) is 5.41 Å². The first-order valence-electron chi connectivity index (χ1n) is 16.1. The number of fused-ring (bicyclic) bond motifs is 2. The van der Waals surface area contributed by atoms with E-state index in [1.807, 2.05) is 12.1 Å². The zero-order valence-electron chi connectivity index (χ0n) is 26.8. The zero-order chi connectivity index (χ0) is 30.9. The lowest BCUT2D eigenvalue weighted by molar-refractivity contribution is -0.925. The monoisotopic (exact) mass is 605 g/mol. The number of carbonyl (C=O) groups excluding carboxylic acids is 2. The van der Waals surface area contributed by atoms with Gasteiger partial charge in [0.05, 0.1) is 63.3 Å². The van der Waals surface area contributed by atoms with Crippen molar-refractivity contribution in [3.05, 3.63) is 53.2 Å². The molecular weight excluding hydrogens is 556 g/mol. The van der Waals surface area contributed by atoms with Crippen molar-refractivity contribution in [3.63, 3.8) is 0 Å². The van der Waals surface area contributed by atoms with E-state index < -0.39 is 8.32 Å². The molecular formula is C34H49N4O4Si+. The van der Waals surface area contributed by atoms with E-state index in [4.69, 9.17) is 14.6 Å². The first-order valence-corrected chi connectivity index (χ1v) is 18.6. The minimum atomic E-state index is -1.87. The van der Waals surface area contributed by atoms with Crippen molar-refractivity contribution in [2.75, 3.05) is 39.8 Å². The number of aldehydes is 1. The maximum atomic E-state index is 13.4. The van der Waals surface area contributed by atoms with Crippen LogP contribution in [0.5, 0.6) is 5.75 Å². The number of hydrogen-bond donors (Lipinski definition) is 1. The fourth-order valence-electron chi connectivity index (χ4n) is 7.65. The summed E-state index contributed by atoms with van der Waals surface area (Å²) in [6, 6.07) is 15.7. The summed E-state index contributed by atoms with van der Waals surface area (Å²) in [7, 11) is 0.431. The molecule has 0 spiro atoms. The summed E-state index contributed by atoms with van der Waals surface area (Å²) in [6.07, 6.45) is 2.12. The first-order chi connectivity index (χ1) is 20.6. The number of benzene rings is 2. The molecule has 2 aromatic rings. The number of rotatable bonds is 13. The molecule has 2 saturated heterocycles. The van der Waals surface area contributed by atoms with Gasteiger partial charge in [0.2, 0.25) is 5.91 Å². The van der Waals surface area contributed by atoms with Crippen molar-refractivity contribution in [2.45, 2.75) is 71.4 Å². The Balaban J connectivity index is 1.33. The van der Waals surface area contributed by atoms with Gasteiger partial charge in [-0.25, -0.2) is 0 Å². The second-order valence-corrected chi connectivity index (χ2v) is 17.8. The quantitative estimate of drug-likeness (QED) is 0.0823. The molecule has 5 rings (SSSR count). The Hall–Kier alpha value is -3.01. The highest BCUT2D eigenvalue weighted by atomic mass is 28.4. The van der Waals surface area contributed by atoms with Gasteiger partial charge >= 0.3 is 0 Å². The first kappa shape index (κ1) is 31.4. The molecule has 0 aliphatic carbocycles. The van der Waals surface area contributed by atoms with Gasteiger partial charge in [-0.1, -0.05) is 58.0 Å². The highest BCUT2D eigenvalue weighted by Crippen LogP contribution is 2.48. The van der Waals surface area contributed by atoms with Crippen molar-refractivity contribution in [3.8, 4) is 5.75 Å². The van der Waals surface area contributed by atoms with Gasteiger partial charge in [-0.15, -0.1) is 0 Å². The van der Waals surface area contributed by atoms with E-state index in [1.54, 1.807) is 4.90 Å². The third kappa shape index (κ3) is 5.67. The van der Waals surface area contributed by atoms with Crippen LogP contribution in [0.2, 0.25) is 18.1 Å². The largest absolute Gasteiger partial charge is 0.489 e. The summed E-state index contributed by atoms with van der Waals surface area (Å²) in [5.41, 5.74) is 2.65. The highest BCUT2D eigenvalue weighted by molar-refractivity contribution is 6.73. The molecule has 0 bridgehead atoms. The standard InChI is InChI=1S/C34H49N4O4Si/c1-7-43(8-2,9-3)42-25(5)32-33-24(4)29(30(21-39)37(33)34(32)40)22-41-31-15-11-13-27-26(12-10-14-28(27)31)20-38(6)18-16-36(23-35)17-19-38/h10-15,21,23-25,32-33,35H,7-9,16-20,22H2,1-6H3/q+1/t24-,25+,32+,33+/m0/s1. The molecule has 3 aliphatic rings. The number of ether oxygens (including phenoxy) is 1. The van der Waals surface area contributed by atoms with Crippen molar-refractivity contribution < 1.29 is 23.2 Å². The molecule has 1 amide bonds. The van der Waals surface area contributed by atoms with E-state index in [9.17, 15) is 9.59 Å². The number of likely N-dealkylation sites (N-methyl/N-ethyl adjacent to an activating group) is 1. The molecule has 43 heavy (non-hydrogen) atoms. The average molecular weight is 606 g/mol. The molecule has 0 saturated carbocycles. The van der Waals surface area contributed by atoms with Crippen LogP contribution in [-0.2, 0) is 20.6 Å². The lowest BCUT2D eigenvalue weighted by Gasteiger charge is -2.49. The molecule has 2 aromatic carbocycles. The number of β-lactam (4-membered cyclic amide) rings is 1. The number of quaternary nitrogens is 1. The minimum Gasteiger partial charge on any atom is -0.489 e. The Labute approximate surface area is 257 Å². The third-order valence-electron chi connectivity index (χ3n) is 10.8. The van der Waals surface area contributed by atoms with Crippen LogP contribution >= 0.6 is 0 Å². The highest BCUT2D eigenvalue weighted by Gasteiger charge is 2.59. The van der Waals surface area contributed by atoms with Crippen LogP contribution in [0.25, 0.3) is 10.8 Å². The molecule has 2 fully saturated rings. The molecule has 232 valence electrons. The number of nitrogens with one attached hydrogen (secondary N) is 1. The summed E-state index contributed by atoms with van der Waals surface area (Å²) in [4.78, 5) is 29.5. The predicted octanol–water partition coefficient (Wildman–Crippen LogP) is 5.43. The van der Waals surface area contributed by atoms with E-state index in [-0.39, 0.29) is 36.5 Å². The number of carbonyl (C=O) groups is 2. The SMILES string of the molecule is CC[Si](CC)(CC)O[C@H](C)[C@H]1C(=O)N2C(C=O)=C(COc3cccc4c(C[N+]5(C)CCN(C=N)CC5)cccc34)[C@H](C)[C@H]12. The molecule has 0 unspecified atom stereocenters. The van der Waals surface area contributed by atoms with Gasteiger partial charge in [-0.3, -0.25) is 15.0 Å². The normalized spacial score (nSPS) is 24.1. The fourth-order valence-corrected chi connectivity index (χ4v) is 10.6. The van der Waals surface area contributed by atoms with Gasteiger partial charge in [0.25, 0.3) is 0 Å². The molecule has 3 heterocycles. The number of nitrogens with zero attached hydrogens (tertiary/aromatic N) is 3. The predicted molar refractivity (Wildman–Crippen MR) is 174 cm³/mol. The van der Waals surface area contributed by atoms with Crippen LogP contribution in [0, 0.1) is 17.2 Å². The molecule has 0 radical (unpaired) electrons. The summed E-state index contributed by atoms with van der Waals surface area (Å²) < 4.78 is 14.1. The van der Waals surface area contributed by atoms with Crippen molar-refractivity contribution in [2.24, 2.45) is 11.8 Å². The second-order valence-electron chi connectivity index (χ2n) is 13.1. The van der Waals surface area contributed by atoms with Gasteiger partial charge in [-0.05, 0) is 42.1 Å². The molecule has 0 aromatic heterocycles. The maximum absolute atomic E-state index is 13.4. The molecule has 3 aliphatic heterocycles. The molecule has 9 heteroatoms. The zero-order valence-corrected chi connectivity index (χ0v) is 27.8. The lowest BCUT2D eigenvalue weighted by atomic mass is 9.78. The van der Waals surface area contributed by atoms with E-state index >= 15 is 0 Å². The Morgan fingerprint density at radius 3 is 2.35 bits per heavy atom. The van der Waals surface area contributed by atoms with Gasteiger partial charge in [0.15, 0.2) is 14.6 Å². The van der Waals surface area contributed by atoms with Gasteiger partial charge < -0.3 is 23.4 Å². The van der Waals surface area contributed by atoms with E-state index in [0.29, 0.717) is 5.70 Å². The third-order valence-corrected chi connectivity index (χ3v) is 15.5. The Kier molecular flexibility index (Phi) is 9.16. The summed E-state index contributed by atoms with van der Waals surface area (Å²) in [5, 5.41) is 9.81. The van der Waals surface area contributed by atoms with Crippen LogP contribution in [0.3, 0.4) is 0 Å². The smallest absolute Gasteiger partial charge is 0.235 e. The Bertz CT molecular complexity index is 1390. The van der Waals surface area contributed by atoms with Crippen LogP contribution in [0.15, 0.2) is 47.7 Å². The van der Waals surface area contributed by atoms with Gasteiger partial charge in [-0.2, -0.15) is 0 Å². The van der Waals surface area contributed by atoms with Crippen LogP contribution in [0.4, 0.5) is 0 Å². The maximum Gasteiger partial charge on any atom is 0.235 e.